The molecule has 0 aliphatic heterocycles. The first-order valence-electron chi connectivity index (χ1n) is 6.12. The molecule has 1 heterocycles. The molecule has 0 unspecified atom stereocenters. The molecule has 0 saturated heterocycles. The Kier molecular flexibility index (Phi) is 2.88. The van der Waals surface area contributed by atoms with Crippen LogP contribution in [0.5, 0.6) is 0 Å². The predicted molar refractivity (Wildman–Crippen MR) is 75.9 cm³/mol. The molecule has 0 bridgehead atoms. The second-order valence-corrected chi connectivity index (χ2v) is 4.29. The minimum absolute atomic E-state index is 0.682. The van der Waals surface area contributed by atoms with E-state index in [0.29, 0.717) is 5.56 Å². The first kappa shape index (κ1) is 11.3. The van der Waals surface area contributed by atoms with Crippen LogP contribution in [0.2, 0.25) is 0 Å². The summed E-state index contributed by atoms with van der Waals surface area (Å²) in [6.45, 7) is 0. The third-order valence-electron chi connectivity index (χ3n) is 3.09. The summed E-state index contributed by atoms with van der Waals surface area (Å²) in [6.07, 6.45) is 2.04. The van der Waals surface area contributed by atoms with Crippen molar-refractivity contribution in [1.82, 2.24) is 4.57 Å². The Bertz CT molecular complexity index is 716. The second kappa shape index (κ2) is 4.83. The van der Waals surface area contributed by atoms with Crippen LogP contribution < -0.4 is 0 Å². The van der Waals surface area contributed by atoms with Crippen molar-refractivity contribution < 1.29 is 0 Å². The van der Waals surface area contributed by atoms with Gasteiger partial charge >= 0.3 is 0 Å². The van der Waals surface area contributed by atoms with E-state index < -0.39 is 0 Å². The maximum absolute atomic E-state index is 8.84. The molecular formula is C17H12N2. The third kappa shape index (κ3) is 2.14. The molecule has 3 rings (SSSR count). The predicted octanol–water partition coefficient (Wildman–Crippen LogP) is 4.02. The maximum Gasteiger partial charge on any atom is 0.0991 e. The summed E-state index contributed by atoms with van der Waals surface area (Å²) in [7, 11) is 0. The van der Waals surface area contributed by atoms with E-state index in [4.69, 9.17) is 5.26 Å². The summed E-state index contributed by atoms with van der Waals surface area (Å²) >= 11 is 0. The molecule has 3 aromatic rings. The number of nitriles is 1. The van der Waals surface area contributed by atoms with E-state index in [2.05, 4.69) is 28.8 Å². The van der Waals surface area contributed by atoms with Crippen LogP contribution in [0.3, 0.4) is 0 Å². The van der Waals surface area contributed by atoms with Gasteiger partial charge in [0, 0.05) is 11.9 Å². The highest BCUT2D eigenvalue weighted by Crippen LogP contribution is 2.23. The molecule has 1 aromatic heterocycles. The second-order valence-electron chi connectivity index (χ2n) is 4.29. The normalized spacial score (nSPS) is 10.1. The fourth-order valence-electron chi connectivity index (χ4n) is 2.15. The Morgan fingerprint density at radius 3 is 2.21 bits per heavy atom. The molecule has 0 aliphatic rings. The summed E-state index contributed by atoms with van der Waals surface area (Å²) in [5.74, 6) is 0. The van der Waals surface area contributed by atoms with Gasteiger partial charge in [-0.25, -0.2) is 0 Å². The molecule has 2 heteroatoms. The van der Waals surface area contributed by atoms with Gasteiger partial charge in [0.25, 0.3) is 0 Å². The lowest BCUT2D eigenvalue weighted by atomic mass is 10.1. The molecule has 0 N–H and O–H groups in total. The molecule has 19 heavy (non-hydrogen) atoms. The number of rotatable bonds is 2. The van der Waals surface area contributed by atoms with Crippen LogP contribution in [0.25, 0.3) is 16.9 Å². The summed E-state index contributed by atoms with van der Waals surface area (Å²) in [6, 6.07) is 24.1. The number of benzene rings is 2. The quantitative estimate of drug-likeness (QED) is 0.669. The molecule has 2 aromatic carbocycles. The van der Waals surface area contributed by atoms with Crippen molar-refractivity contribution in [2.24, 2.45) is 0 Å². The zero-order chi connectivity index (χ0) is 13.1. The van der Waals surface area contributed by atoms with Gasteiger partial charge < -0.3 is 4.57 Å². The van der Waals surface area contributed by atoms with Crippen LogP contribution in [0.4, 0.5) is 0 Å². The van der Waals surface area contributed by atoms with Crippen molar-refractivity contribution in [2.75, 3.05) is 0 Å². The zero-order valence-electron chi connectivity index (χ0n) is 10.3. The van der Waals surface area contributed by atoms with Crippen LogP contribution in [0.1, 0.15) is 5.56 Å². The van der Waals surface area contributed by atoms with E-state index in [1.54, 1.807) is 0 Å². The van der Waals surface area contributed by atoms with Crippen molar-refractivity contribution in [1.29, 1.82) is 5.26 Å². The lowest BCUT2D eigenvalue weighted by Crippen LogP contribution is -1.94. The van der Waals surface area contributed by atoms with Gasteiger partial charge in [-0.05, 0) is 42.0 Å². The van der Waals surface area contributed by atoms with Gasteiger partial charge in [0.15, 0.2) is 0 Å². The molecular weight excluding hydrogens is 232 g/mol. The van der Waals surface area contributed by atoms with E-state index >= 15 is 0 Å². The molecule has 0 saturated carbocycles. The van der Waals surface area contributed by atoms with Crippen LogP contribution in [0, 0.1) is 11.3 Å². The van der Waals surface area contributed by atoms with E-state index in [1.807, 2.05) is 54.7 Å². The van der Waals surface area contributed by atoms with Gasteiger partial charge in [0.1, 0.15) is 0 Å². The lowest BCUT2D eigenvalue weighted by Gasteiger charge is -2.09. The van der Waals surface area contributed by atoms with Gasteiger partial charge in [-0.3, -0.25) is 0 Å². The number of hydrogen-bond acceptors (Lipinski definition) is 1. The standard InChI is InChI=1S/C17H12N2/c18-13-14-8-10-15(11-9-14)17-7-4-12-19(17)16-5-2-1-3-6-16/h1-12H. The molecule has 0 spiro atoms. The van der Waals surface area contributed by atoms with Crippen molar-refractivity contribution in [2.45, 2.75) is 0 Å². The molecule has 0 amide bonds. The van der Waals surface area contributed by atoms with E-state index in [1.165, 1.54) is 0 Å². The van der Waals surface area contributed by atoms with Crippen LogP contribution in [0.15, 0.2) is 72.9 Å². The summed E-state index contributed by atoms with van der Waals surface area (Å²) in [4.78, 5) is 0. The molecule has 2 nitrogen and oxygen atoms in total. The van der Waals surface area contributed by atoms with Gasteiger partial charge in [-0.1, -0.05) is 30.3 Å². The topological polar surface area (TPSA) is 28.7 Å². The molecule has 90 valence electrons. The van der Waals surface area contributed by atoms with Gasteiger partial charge in [-0.15, -0.1) is 0 Å². The first-order chi connectivity index (χ1) is 9.38. The fraction of sp³-hybridized carbons (Fsp3) is 0. The van der Waals surface area contributed by atoms with Crippen molar-refractivity contribution in [3.05, 3.63) is 78.5 Å². The number of nitrogens with zero attached hydrogens (tertiary/aromatic N) is 2. The average Bonchev–Trinajstić information content (AvgIpc) is 2.98. The number of hydrogen-bond donors (Lipinski definition) is 0. The third-order valence-corrected chi connectivity index (χ3v) is 3.09. The Morgan fingerprint density at radius 1 is 0.789 bits per heavy atom. The number of para-hydroxylation sites is 1. The Balaban J connectivity index is 2.07. The highest BCUT2D eigenvalue weighted by molar-refractivity contribution is 5.63. The molecule has 0 aliphatic carbocycles. The lowest BCUT2D eigenvalue weighted by molar-refractivity contribution is 1.09. The fourth-order valence-corrected chi connectivity index (χ4v) is 2.15. The van der Waals surface area contributed by atoms with Crippen molar-refractivity contribution in [3.63, 3.8) is 0 Å². The van der Waals surface area contributed by atoms with E-state index in [9.17, 15) is 0 Å². The SMILES string of the molecule is N#Cc1ccc(-c2cccn2-c2ccccc2)cc1. The van der Waals surface area contributed by atoms with Gasteiger partial charge in [-0.2, -0.15) is 5.26 Å². The minimum Gasteiger partial charge on any atom is -0.317 e. The minimum atomic E-state index is 0.682. The summed E-state index contributed by atoms with van der Waals surface area (Å²) in [5, 5.41) is 8.84. The Hall–Kier alpha value is -2.79. The first-order valence-corrected chi connectivity index (χ1v) is 6.12. The zero-order valence-corrected chi connectivity index (χ0v) is 10.3. The Labute approximate surface area is 112 Å². The van der Waals surface area contributed by atoms with E-state index in [-0.39, 0.29) is 0 Å². The maximum atomic E-state index is 8.84. The van der Waals surface area contributed by atoms with Crippen LogP contribution >= 0.6 is 0 Å². The summed E-state index contributed by atoms with van der Waals surface area (Å²) in [5.41, 5.74) is 4.04. The molecule has 0 atom stereocenters. The molecule has 0 fully saturated rings. The number of aromatic nitrogens is 1. The monoisotopic (exact) mass is 244 g/mol. The van der Waals surface area contributed by atoms with Gasteiger partial charge in [0.05, 0.1) is 17.3 Å². The van der Waals surface area contributed by atoms with E-state index in [0.717, 1.165) is 16.9 Å². The van der Waals surface area contributed by atoms with Crippen molar-refractivity contribution >= 4 is 0 Å². The highest BCUT2D eigenvalue weighted by atomic mass is 15.0. The smallest absolute Gasteiger partial charge is 0.0991 e. The van der Waals surface area contributed by atoms with Crippen LogP contribution in [-0.2, 0) is 0 Å². The van der Waals surface area contributed by atoms with Crippen molar-refractivity contribution in [3.8, 4) is 23.0 Å². The largest absolute Gasteiger partial charge is 0.317 e. The summed E-state index contributed by atoms with van der Waals surface area (Å²) < 4.78 is 2.14. The van der Waals surface area contributed by atoms with Crippen LogP contribution in [-0.4, -0.2) is 4.57 Å². The highest BCUT2D eigenvalue weighted by Gasteiger charge is 2.05. The average molecular weight is 244 g/mol. The van der Waals surface area contributed by atoms with Gasteiger partial charge in [0.2, 0.25) is 0 Å². The molecule has 0 radical (unpaired) electrons. The Morgan fingerprint density at radius 2 is 1.53 bits per heavy atom.